The summed E-state index contributed by atoms with van der Waals surface area (Å²) in [6.45, 7) is 0. The number of rotatable bonds is 2. The predicted molar refractivity (Wildman–Crippen MR) is 88.4 cm³/mol. The number of amides is 1. The number of halogens is 2. The van der Waals surface area contributed by atoms with E-state index in [1.54, 1.807) is 18.2 Å². The van der Waals surface area contributed by atoms with Gasteiger partial charge in [0.25, 0.3) is 5.91 Å². The van der Waals surface area contributed by atoms with Gasteiger partial charge in [-0.1, -0.05) is 34.5 Å². The quantitative estimate of drug-likeness (QED) is 0.679. The zero-order valence-corrected chi connectivity index (χ0v) is 12.9. The van der Waals surface area contributed by atoms with E-state index < -0.39 is 0 Å². The van der Waals surface area contributed by atoms with Crippen LogP contribution >= 0.6 is 34.5 Å². The SMILES string of the molecule is Nc1ccc2nc(NC(=O)c3cc(Cl)ccc3Cl)sc2c1. The Kier molecular flexibility index (Phi) is 3.71. The fourth-order valence-electron chi connectivity index (χ4n) is 1.83. The fourth-order valence-corrected chi connectivity index (χ4v) is 3.12. The number of aromatic nitrogens is 1. The summed E-state index contributed by atoms with van der Waals surface area (Å²) < 4.78 is 0.905. The van der Waals surface area contributed by atoms with E-state index in [-0.39, 0.29) is 5.91 Å². The number of nitrogen functional groups attached to an aromatic ring is 1. The van der Waals surface area contributed by atoms with E-state index >= 15 is 0 Å². The third kappa shape index (κ3) is 2.95. The van der Waals surface area contributed by atoms with Crippen LogP contribution in [-0.2, 0) is 0 Å². The van der Waals surface area contributed by atoms with Gasteiger partial charge in [0, 0.05) is 10.7 Å². The molecule has 2 aromatic carbocycles. The van der Waals surface area contributed by atoms with Gasteiger partial charge in [0.15, 0.2) is 5.13 Å². The number of carbonyl (C=O) groups excluding carboxylic acids is 1. The standard InChI is InChI=1S/C14H9Cl2N3OS/c15-7-1-3-10(16)9(5-7)13(20)19-14-18-11-4-2-8(17)6-12(11)21-14/h1-6H,17H2,(H,18,19,20). The number of fused-ring (bicyclic) bond motifs is 1. The van der Waals surface area contributed by atoms with Gasteiger partial charge >= 0.3 is 0 Å². The Hall–Kier alpha value is -1.82. The topological polar surface area (TPSA) is 68.0 Å². The zero-order chi connectivity index (χ0) is 15.0. The second kappa shape index (κ2) is 5.52. The van der Waals surface area contributed by atoms with Crippen molar-refractivity contribution in [1.29, 1.82) is 0 Å². The third-order valence-electron chi connectivity index (χ3n) is 2.81. The number of carbonyl (C=O) groups is 1. The number of nitrogens with one attached hydrogen (secondary N) is 1. The van der Waals surface area contributed by atoms with Crippen molar-refractivity contribution in [2.45, 2.75) is 0 Å². The van der Waals surface area contributed by atoms with Crippen LogP contribution in [0.1, 0.15) is 10.4 Å². The van der Waals surface area contributed by atoms with Crippen molar-refractivity contribution in [3.8, 4) is 0 Å². The van der Waals surface area contributed by atoms with E-state index in [2.05, 4.69) is 10.3 Å². The highest BCUT2D eigenvalue weighted by Gasteiger charge is 2.13. The molecule has 0 bridgehead atoms. The molecule has 0 atom stereocenters. The number of anilines is 2. The summed E-state index contributed by atoms with van der Waals surface area (Å²) in [6.07, 6.45) is 0. The van der Waals surface area contributed by atoms with E-state index in [0.717, 1.165) is 10.2 Å². The number of thiazole rings is 1. The van der Waals surface area contributed by atoms with Gasteiger partial charge in [0.05, 0.1) is 20.8 Å². The smallest absolute Gasteiger partial charge is 0.259 e. The average molecular weight is 338 g/mol. The van der Waals surface area contributed by atoms with Gasteiger partial charge in [0.2, 0.25) is 0 Å². The number of nitrogens with two attached hydrogens (primary N) is 1. The van der Waals surface area contributed by atoms with Crippen molar-refractivity contribution in [3.05, 3.63) is 52.0 Å². The van der Waals surface area contributed by atoms with Gasteiger partial charge in [0.1, 0.15) is 0 Å². The maximum Gasteiger partial charge on any atom is 0.259 e. The molecule has 0 aliphatic rings. The highest BCUT2D eigenvalue weighted by molar-refractivity contribution is 7.22. The molecule has 0 radical (unpaired) electrons. The largest absolute Gasteiger partial charge is 0.399 e. The molecule has 3 N–H and O–H groups in total. The first-order chi connectivity index (χ1) is 10.0. The summed E-state index contributed by atoms with van der Waals surface area (Å²) in [4.78, 5) is 16.5. The lowest BCUT2D eigenvalue weighted by molar-refractivity contribution is 0.102. The Morgan fingerprint density at radius 3 is 2.81 bits per heavy atom. The molecule has 0 fully saturated rings. The molecular formula is C14H9Cl2N3OS. The van der Waals surface area contributed by atoms with E-state index in [4.69, 9.17) is 28.9 Å². The van der Waals surface area contributed by atoms with E-state index in [9.17, 15) is 4.79 Å². The molecule has 0 saturated carbocycles. The lowest BCUT2D eigenvalue weighted by atomic mass is 10.2. The molecule has 0 aliphatic carbocycles. The fraction of sp³-hybridized carbons (Fsp3) is 0. The summed E-state index contributed by atoms with van der Waals surface area (Å²) in [5.41, 5.74) is 7.46. The highest BCUT2D eigenvalue weighted by Crippen LogP contribution is 2.28. The lowest BCUT2D eigenvalue weighted by Crippen LogP contribution is -2.12. The van der Waals surface area contributed by atoms with Crippen LogP contribution in [0.5, 0.6) is 0 Å². The first-order valence-corrected chi connectivity index (χ1v) is 7.52. The Morgan fingerprint density at radius 2 is 2.00 bits per heavy atom. The van der Waals surface area contributed by atoms with E-state index in [1.165, 1.54) is 17.4 Å². The summed E-state index contributed by atoms with van der Waals surface area (Å²) in [5, 5.41) is 3.98. The maximum atomic E-state index is 12.2. The second-order valence-electron chi connectivity index (χ2n) is 4.32. The first kappa shape index (κ1) is 14.1. The monoisotopic (exact) mass is 337 g/mol. The van der Waals surface area contributed by atoms with Gasteiger partial charge in [-0.05, 0) is 36.4 Å². The molecule has 0 saturated heterocycles. The summed E-state index contributed by atoms with van der Waals surface area (Å²) in [5.74, 6) is -0.352. The van der Waals surface area contributed by atoms with E-state index in [0.29, 0.717) is 26.4 Å². The van der Waals surface area contributed by atoms with Crippen molar-refractivity contribution in [2.75, 3.05) is 11.1 Å². The molecule has 106 valence electrons. The predicted octanol–water partition coefficient (Wildman–Crippen LogP) is 4.44. The molecule has 3 aromatic rings. The van der Waals surface area contributed by atoms with Crippen molar-refractivity contribution < 1.29 is 4.79 Å². The van der Waals surface area contributed by atoms with Crippen molar-refractivity contribution >= 4 is 61.5 Å². The molecule has 4 nitrogen and oxygen atoms in total. The lowest BCUT2D eigenvalue weighted by Gasteiger charge is -2.04. The minimum absolute atomic E-state index is 0.308. The van der Waals surface area contributed by atoms with Gasteiger partial charge < -0.3 is 5.73 Å². The molecule has 7 heteroatoms. The number of benzene rings is 2. The number of hydrogen-bond acceptors (Lipinski definition) is 4. The van der Waals surface area contributed by atoms with E-state index in [1.807, 2.05) is 12.1 Å². The molecule has 3 rings (SSSR count). The Balaban J connectivity index is 1.90. The van der Waals surface area contributed by atoms with Crippen LogP contribution in [0.3, 0.4) is 0 Å². The van der Waals surface area contributed by atoms with Crippen LogP contribution in [0.25, 0.3) is 10.2 Å². The molecule has 1 heterocycles. The van der Waals surface area contributed by atoms with Crippen LogP contribution in [0.2, 0.25) is 10.0 Å². The molecule has 0 unspecified atom stereocenters. The van der Waals surface area contributed by atoms with Crippen LogP contribution in [0, 0.1) is 0 Å². The Bertz CT molecular complexity index is 847. The van der Waals surface area contributed by atoms with Gasteiger partial charge in [-0.25, -0.2) is 4.98 Å². The molecule has 0 spiro atoms. The minimum atomic E-state index is -0.352. The molecular weight excluding hydrogens is 329 g/mol. The normalized spacial score (nSPS) is 10.8. The Labute approximate surface area is 134 Å². The molecule has 21 heavy (non-hydrogen) atoms. The van der Waals surface area contributed by atoms with Crippen LogP contribution in [-0.4, -0.2) is 10.9 Å². The first-order valence-electron chi connectivity index (χ1n) is 5.95. The summed E-state index contributed by atoms with van der Waals surface area (Å²) in [7, 11) is 0. The van der Waals surface area contributed by atoms with Gasteiger partial charge in [-0.2, -0.15) is 0 Å². The van der Waals surface area contributed by atoms with Crippen LogP contribution in [0.15, 0.2) is 36.4 Å². The highest BCUT2D eigenvalue weighted by atomic mass is 35.5. The number of hydrogen-bond donors (Lipinski definition) is 2. The molecule has 0 aliphatic heterocycles. The molecule has 1 aromatic heterocycles. The zero-order valence-electron chi connectivity index (χ0n) is 10.6. The second-order valence-corrected chi connectivity index (χ2v) is 6.20. The van der Waals surface area contributed by atoms with Crippen molar-refractivity contribution in [3.63, 3.8) is 0 Å². The maximum absolute atomic E-state index is 12.2. The molecule has 1 amide bonds. The van der Waals surface area contributed by atoms with Gasteiger partial charge in [-0.3, -0.25) is 10.1 Å². The summed E-state index contributed by atoms with van der Waals surface area (Å²) >= 11 is 13.2. The van der Waals surface area contributed by atoms with Gasteiger partial charge in [-0.15, -0.1) is 0 Å². The van der Waals surface area contributed by atoms with Crippen LogP contribution in [0.4, 0.5) is 10.8 Å². The minimum Gasteiger partial charge on any atom is -0.399 e. The van der Waals surface area contributed by atoms with Crippen molar-refractivity contribution in [2.24, 2.45) is 0 Å². The Morgan fingerprint density at radius 1 is 1.19 bits per heavy atom. The van der Waals surface area contributed by atoms with Crippen molar-refractivity contribution in [1.82, 2.24) is 4.98 Å². The summed E-state index contributed by atoms with van der Waals surface area (Å²) in [6, 6.07) is 10.1. The average Bonchev–Trinajstić information content (AvgIpc) is 2.82. The van der Waals surface area contributed by atoms with Crippen LogP contribution < -0.4 is 11.1 Å². The number of nitrogens with zero attached hydrogens (tertiary/aromatic N) is 1. The third-order valence-corrected chi connectivity index (χ3v) is 4.30.